The summed E-state index contributed by atoms with van der Waals surface area (Å²) in [5.74, 6) is -0.381. The first-order chi connectivity index (χ1) is 15.2. The molecule has 0 atom stereocenters. The monoisotopic (exact) mass is 528 g/mol. The smallest absolute Gasteiger partial charge is 0.294 e. The molecule has 12 heteroatoms. The van der Waals surface area contributed by atoms with Crippen molar-refractivity contribution in [3.63, 3.8) is 0 Å². The quantitative estimate of drug-likeness (QED) is 0.270. The van der Waals surface area contributed by atoms with E-state index in [4.69, 9.17) is 47.0 Å². The van der Waals surface area contributed by atoms with Crippen LogP contribution in [0.4, 0.5) is 11.4 Å². The van der Waals surface area contributed by atoms with E-state index in [-0.39, 0.29) is 16.7 Å². The molecule has 2 aromatic carbocycles. The van der Waals surface area contributed by atoms with E-state index in [2.05, 4.69) is 5.32 Å². The number of thiocarbonyl (C=S) groups is 1. The summed E-state index contributed by atoms with van der Waals surface area (Å²) in [5.41, 5.74) is 0.464. The molecule has 1 aliphatic heterocycles. The summed E-state index contributed by atoms with van der Waals surface area (Å²) in [7, 11) is 0. The van der Waals surface area contributed by atoms with Crippen LogP contribution >= 0.6 is 58.4 Å². The number of carbonyl (C=O) groups is 1. The molecular formula is C20H15Cl3N4O3S2. The topological polar surface area (TPSA) is 78.7 Å². The molecule has 166 valence electrons. The molecule has 1 fully saturated rings. The van der Waals surface area contributed by atoms with E-state index in [0.717, 1.165) is 10.1 Å². The number of nitrogens with one attached hydrogen (secondary N) is 1. The first kappa shape index (κ1) is 23.0. The second-order valence-electron chi connectivity index (χ2n) is 7.01. The van der Waals surface area contributed by atoms with E-state index in [1.165, 1.54) is 17.4 Å². The maximum absolute atomic E-state index is 12.8. The zero-order valence-electron chi connectivity index (χ0n) is 16.3. The van der Waals surface area contributed by atoms with Gasteiger partial charge in [0.1, 0.15) is 10.6 Å². The highest BCUT2D eigenvalue weighted by atomic mass is 35.5. The van der Waals surface area contributed by atoms with Crippen molar-refractivity contribution >= 4 is 90.8 Å². The molecule has 0 bridgehead atoms. The van der Waals surface area contributed by atoms with Gasteiger partial charge in [-0.3, -0.25) is 20.2 Å². The van der Waals surface area contributed by atoms with Crippen molar-refractivity contribution in [3.8, 4) is 0 Å². The molecule has 1 saturated heterocycles. The lowest BCUT2D eigenvalue weighted by Gasteiger charge is -2.36. The van der Waals surface area contributed by atoms with E-state index in [1.54, 1.807) is 30.3 Å². The van der Waals surface area contributed by atoms with Crippen LogP contribution in [0.1, 0.15) is 9.67 Å². The van der Waals surface area contributed by atoms with Crippen LogP contribution in [-0.2, 0) is 0 Å². The molecule has 0 aliphatic carbocycles. The van der Waals surface area contributed by atoms with Gasteiger partial charge in [0.15, 0.2) is 5.11 Å². The van der Waals surface area contributed by atoms with Crippen molar-refractivity contribution in [1.29, 1.82) is 0 Å². The van der Waals surface area contributed by atoms with Crippen molar-refractivity contribution in [2.24, 2.45) is 0 Å². The summed E-state index contributed by atoms with van der Waals surface area (Å²) >= 11 is 25.0. The van der Waals surface area contributed by atoms with Crippen LogP contribution in [-0.4, -0.2) is 47.0 Å². The fourth-order valence-electron chi connectivity index (χ4n) is 3.48. The number of amides is 1. The molecule has 1 aromatic heterocycles. The molecule has 0 spiro atoms. The van der Waals surface area contributed by atoms with Crippen molar-refractivity contribution in [1.82, 2.24) is 10.2 Å². The van der Waals surface area contributed by atoms with Gasteiger partial charge >= 0.3 is 0 Å². The normalized spacial score (nSPS) is 14.0. The number of thiophene rings is 1. The van der Waals surface area contributed by atoms with Crippen molar-refractivity contribution < 1.29 is 9.72 Å². The number of nitro groups is 1. The number of anilines is 1. The fraction of sp³-hybridized carbons (Fsp3) is 0.200. The SMILES string of the molecule is O=C(NC(=S)N1CCN(c2ccc(Cl)cc2[N+](=O)[O-])CC1)c1sc2cc(Cl)ccc2c1Cl. The Morgan fingerprint density at radius 3 is 2.41 bits per heavy atom. The summed E-state index contributed by atoms with van der Waals surface area (Å²) in [5, 5.41) is 16.4. The largest absolute Gasteiger partial charge is 0.362 e. The van der Waals surface area contributed by atoms with Gasteiger partial charge in [0.2, 0.25) is 0 Å². The molecule has 1 amide bonds. The summed E-state index contributed by atoms with van der Waals surface area (Å²) in [4.78, 5) is 27.8. The molecule has 2 heterocycles. The third-order valence-corrected chi connectivity index (χ3v) is 7.55. The van der Waals surface area contributed by atoms with Crippen molar-refractivity contribution in [2.75, 3.05) is 31.1 Å². The average molecular weight is 530 g/mol. The molecule has 0 saturated carbocycles. The fourth-order valence-corrected chi connectivity index (χ4v) is 5.61. The zero-order chi connectivity index (χ0) is 23.0. The average Bonchev–Trinajstić information content (AvgIpc) is 3.09. The number of rotatable bonds is 3. The van der Waals surface area contributed by atoms with Gasteiger partial charge in [-0.05, 0) is 36.5 Å². The Labute approximate surface area is 207 Å². The molecule has 0 radical (unpaired) electrons. The van der Waals surface area contributed by atoms with E-state index >= 15 is 0 Å². The van der Waals surface area contributed by atoms with Gasteiger partial charge in [0, 0.05) is 52.4 Å². The minimum atomic E-state index is -0.444. The minimum absolute atomic E-state index is 0.0404. The second kappa shape index (κ2) is 9.36. The molecule has 0 unspecified atom stereocenters. The Morgan fingerprint density at radius 2 is 1.72 bits per heavy atom. The van der Waals surface area contributed by atoms with Crippen LogP contribution in [0.2, 0.25) is 15.1 Å². The van der Waals surface area contributed by atoms with Crippen LogP contribution in [0.25, 0.3) is 10.1 Å². The number of halogens is 3. The lowest BCUT2D eigenvalue weighted by molar-refractivity contribution is -0.384. The van der Waals surface area contributed by atoms with Crippen LogP contribution in [0.15, 0.2) is 36.4 Å². The van der Waals surface area contributed by atoms with Crippen molar-refractivity contribution in [3.05, 3.63) is 66.5 Å². The Balaban J connectivity index is 1.42. The third kappa shape index (κ3) is 4.62. The van der Waals surface area contributed by atoms with Crippen LogP contribution in [0.3, 0.4) is 0 Å². The van der Waals surface area contributed by atoms with Crippen LogP contribution in [0.5, 0.6) is 0 Å². The zero-order valence-corrected chi connectivity index (χ0v) is 20.2. The first-order valence-corrected chi connectivity index (χ1v) is 11.8. The minimum Gasteiger partial charge on any atom is -0.362 e. The van der Waals surface area contributed by atoms with Gasteiger partial charge in [0.25, 0.3) is 11.6 Å². The maximum atomic E-state index is 12.8. The van der Waals surface area contributed by atoms with Gasteiger partial charge < -0.3 is 9.80 Å². The van der Waals surface area contributed by atoms with E-state index in [1.807, 2.05) is 9.80 Å². The molecule has 1 N–H and O–H groups in total. The number of piperazine rings is 1. The number of benzene rings is 2. The summed E-state index contributed by atoms with van der Waals surface area (Å²) in [6.45, 7) is 1.99. The molecule has 32 heavy (non-hydrogen) atoms. The molecule has 4 rings (SSSR count). The maximum Gasteiger partial charge on any atom is 0.294 e. The third-order valence-electron chi connectivity index (χ3n) is 5.06. The van der Waals surface area contributed by atoms with E-state index in [0.29, 0.717) is 51.8 Å². The van der Waals surface area contributed by atoms with Gasteiger partial charge in [-0.2, -0.15) is 0 Å². The van der Waals surface area contributed by atoms with Gasteiger partial charge in [0.05, 0.1) is 9.95 Å². The Morgan fingerprint density at radius 1 is 1.06 bits per heavy atom. The Hall–Kier alpha value is -2.17. The second-order valence-corrected chi connectivity index (χ2v) is 9.70. The first-order valence-electron chi connectivity index (χ1n) is 9.41. The lowest BCUT2D eigenvalue weighted by atomic mass is 10.2. The number of hydrogen-bond acceptors (Lipinski definition) is 6. The molecule has 7 nitrogen and oxygen atoms in total. The van der Waals surface area contributed by atoms with Gasteiger partial charge in [-0.1, -0.05) is 40.9 Å². The Bertz CT molecular complexity index is 1240. The number of carbonyl (C=O) groups excluding carboxylic acids is 1. The standard InChI is InChI=1S/C20H15Cl3N4O3S2/c21-11-2-4-14(15(9-11)27(29)30)25-5-7-26(8-6-25)20(31)24-19(28)18-17(23)13-3-1-12(22)10-16(13)32-18/h1-4,9-10H,5-8H2,(H,24,28,31). The highest BCUT2D eigenvalue weighted by Crippen LogP contribution is 2.37. The predicted octanol–water partition coefficient (Wildman–Crippen LogP) is 5.61. The highest BCUT2D eigenvalue weighted by Gasteiger charge is 2.26. The Kier molecular flexibility index (Phi) is 6.73. The summed E-state index contributed by atoms with van der Waals surface area (Å²) < 4.78 is 0.816. The van der Waals surface area contributed by atoms with Gasteiger partial charge in [-0.15, -0.1) is 11.3 Å². The van der Waals surface area contributed by atoms with Gasteiger partial charge in [-0.25, -0.2) is 0 Å². The number of nitro benzene ring substituents is 1. The van der Waals surface area contributed by atoms with Crippen LogP contribution in [0, 0.1) is 10.1 Å². The summed E-state index contributed by atoms with van der Waals surface area (Å²) in [6, 6.07) is 9.88. The summed E-state index contributed by atoms with van der Waals surface area (Å²) in [6.07, 6.45) is 0. The highest BCUT2D eigenvalue weighted by molar-refractivity contribution is 7.80. The number of nitrogens with zero attached hydrogens (tertiary/aromatic N) is 3. The number of fused-ring (bicyclic) bond motifs is 1. The number of hydrogen-bond donors (Lipinski definition) is 1. The van der Waals surface area contributed by atoms with E-state index < -0.39 is 4.92 Å². The predicted molar refractivity (Wildman–Crippen MR) is 134 cm³/mol. The lowest BCUT2D eigenvalue weighted by Crippen LogP contribution is -2.52. The van der Waals surface area contributed by atoms with Crippen molar-refractivity contribution in [2.45, 2.75) is 0 Å². The van der Waals surface area contributed by atoms with E-state index in [9.17, 15) is 14.9 Å². The van der Waals surface area contributed by atoms with Crippen LogP contribution < -0.4 is 10.2 Å². The molecular weight excluding hydrogens is 515 g/mol. The molecule has 1 aliphatic rings. The molecule has 3 aromatic rings.